The minimum absolute atomic E-state index is 0.0415. The van der Waals surface area contributed by atoms with Gasteiger partial charge in [-0.05, 0) is 6.42 Å². The summed E-state index contributed by atoms with van der Waals surface area (Å²) in [6.07, 6.45) is 2.58. The van der Waals surface area contributed by atoms with Gasteiger partial charge in [0.25, 0.3) is 0 Å². The highest BCUT2D eigenvalue weighted by atomic mass is 32.2. The molecular weight excluding hydrogens is 200 g/mol. The number of nitrogens with zero attached hydrogens (tertiary/aromatic N) is 3. The predicted molar refractivity (Wildman–Crippen MR) is 55.0 cm³/mol. The Morgan fingerprint density at radius 3 is 3.07 bits per heavy atom. The van der Waals surface area contributed by atoms with Crippen molar-refractivity contribution in [3.8, 4) is 0 Å². The van der Waals surface area contributed by atoms with E-state index in [-0.39, 0.29) is 5.91 Å². The standard InChI is InChI=1S/C8H14N4OS/c1-3-4-9-7(13)5-14-8-11-10-6-12(8)2/h6H,3-5H2,1-2H3,(H,9,13). The molecule has 0 aromatic carbocycles. The van der Waals surface area contributed by atoms with Gasteiger partial charge >= 0.3 is 0 Å². The van der Waals surface area contributed by atoms with E-state index in [0.29, 0.717) is 5.75 Å². The van der Waals surface area contributed by atoms with E-state index >= 15 is 0 Å². The second kappa shape index (κ2) is 5.64. The van der Waals surface area contributed by atoms with Crippen LogP contribution in [0.3, 0.4) is 0 Å². The average molecular weight is 214 g/mol. The van der Waals surface area contributed by atoms with Gasteiger partial charge in [-0.1, -0.05) is 18.7 Å². The predicted octanol–water partition coefficient (Wildman–Crippen LogP) is 0.433. The molecule has 1 rings (SSSR count). The van der Waals surface area contributed by atoms with Gasteiger partial charge in [0.15, 0.2) is 5.16 Å². The van der Waals surface area contributed by atoms with Crippen LogP contribution in [-0.2, 0) is 11.8 Å². The first-order chi connectivity index (χ1) is 6.74. The summed E-state index contributed by atoms with van der Waals surface area (Å²) < 4.78 is 1.79. The number of thioether (sulfide) groups is 1. The molecule has 0 unspecified atom stereocenters. The number of aryl methyl sites for hydroxylation is 1. The molecule has 0 bridgehead atoms. The molecule has 0 aliphatic rings. The van der Waals surface area contributed by atoms with Gasteiger partial charge in [-0.3, -0.25) is 4.79 Å². The Hall–Kier alpha value is -1.04. The van der Waals surface area contributed by atoms with E-state index in [0.717, 1.165) is 18.1 Å². The fourth-order valence-electron chi connectivity index (χ4n) is 0.849. The zero-order valence-corrected chi connectivity index (χ0v) is 9.17. The normalized spacial score (nSPS) is 10.1. The zero-order chi connectivity index (χ0) is 10.4. The van der Waals surface area contributed by atoms with Gasteiger partial charge in [-0.25, -0.2) is 0 Å². The second-order valence-electron chi connectivity index (χ2n) is 2.86. The maximum absolute atomic E-state index is 11.2. The van der Waals surface area contributed by atoms with Gasteiger partial charge in [0.2, 0.25) is 5.91 Å². The smallest absolute Gasteiger partial charge is 0.230 e. The van der Waals surface area contributed by atoms with E-state index in [4.69, 9.17) is 0 Å². The molecule has 1 aromatic heterocycles. The maximum Gasteiger partial charge on any atom is 0.230 e. The molecule has 0 fully saturated rings. The average Bonchev–Trinajstić information content (AvgIpc) is 2.58. The molecular formula is C8H14N4OS. The van der Waals surface area contributed by atoms with Crippen molar-refractivity contribution >= 4 is 17.7 Å². The van der Waals surface area contributed by atoms with Crippen LogP contribution >= 0.6 is 11.8 Å². The molecule has 1 aromatic rings. The third-order valence-electron chi connectivity index (χ3n) is 1.57. The Kier molecular flexibility index (Phi) is 4.45. The van der Waals surface area contributed by atoms with Crippen molar-refractivity contribution < 1.29 is 4.79 Å². The van der Waals surface area contributed by atoms with Gasteiger partial charge in [0.05, 0.1) is 5.75 Å². The molecule has 0 radical (unpaired) electrons. The zero-order valence-electron chi connectivity index (χ0n) is 8.36. The molecule has 1 N–H and O–H groups in total. The first-order valence-corrected chi connectivity index (χ1v) is 5.46. The topological polar surface area (TPSA) is 59.8 Å². The lowest BCUT2D eigenvalue weighted by Gasteiger charge is -2.02. The van der Waals surface area contributed by atoms with Crippen molar-refractivity contribution in [2.24, 2.45) is 7.05 Å². The van der Waals surface area contributed by atoms with Crippen LogP contribution in [0.1, 0.15) is 13.3 Å². The monoisotopic (exact) mass is 214 g/mol. The van der Waals surface area contributed by atoms with Crippen LogP contribution < -0.4 is 5.32 Å². The summed E-state index contributed by atoms with van der Waals surface area (Å²) in [6.45, 7) is 2.76. The van der Waals surface area contributed by atoms with Crippen molar-refractivity contribution in [2.75, 3.05) is 12.3 Å². The van der Waals surface area contributed by atoms with Crippen LogP contribution in [0.15, 0.2) is 11.5 Å². The number of aromatic nitrogens is 3. The number of hydrogen-bond donors (Lipinski definition) is 1. The summed E-state index contributed by atoms with van der Waals surface area (Å²) in [5.74, 6) is 0.437. The highest BCUT2D eigenvalue weighted by Gasteiger charge is 2.05. The Bertz CT molecular complexity index is 299. The number of hydrogen-bond acceptors (Lipinski definition) is 4. The Labute approximate surface area is 87.3 Å². The minimum Gasteiger partial charge on any atom is -0.355 e. The molecule has 5 nitrogen and oxygen atoms in total. The van der Waals surface area contributed by atoms with Crippen LogP contribution in [0.5, 0.6) is 0 Å². The summed E-state index contributed by atoms with van der Waals surface area (Å²) in [5.41, 5.74) is 0. The second-order valence-corrected chi connectivity index (χ2v) is 3.81. The van der Waals surface area contributed by atoms with Crippen molar-refractivity contribution in [3.63, 3.8) is 0 Å². The van der Waals surface area contributed by atoms with Gasteiger partial charge in [0.1, 0.15) is 6.33 Å². The van der Waals surface area contributed by atoms with Crippen molar-refractivity contribution in [3.05, 3.63) is 6.33 Å². The molecule has 0 saturated carbocycles. The molecule has 0 atom stereocenters. The van der Waals surface area contributed by atoms with E-state index in [1.807, 2.05) is 14.0 Å². The maximum atomic E-state index is 11.2. The molecule has 0 saturated heterocycles. The SMILES string of the molecule is CCCNC(=O)CSc1nncn1C. The third kappa shape index (κ3) is 3.37. The molecule has 6 heteroatoms. The number of nitrogens with one attached hydrogen (secondary N) is 1. The first kappa shape index (κ1) is 11.0. The van der Waals surface area contributed by atoms with Gasteiger partial charge in [-0.2, -0.15) is 0 Å². The Morgan fingerprint density at radius 1 is 1.71 bits per heavy atom. The summed E-state index contributed by atoms with van der Waals surface area (Å²) in [4.78, 5) is 11.2. The number of carbonyl (C=O) groups excluding carboxylic acids is 1. The quantitative estimate of drug-likeness (QED) is 0.722. The van der Waals surface area contributed by atoms with Crippen molar-refractivity contribution in [1.82, 2.24) is 20.1 Å². The summed E-state index contributed by atoms with van der Waals surface area (Å²) in [7, 11) is 1.85. The van der Waals surface area contributed by atoms with Crippen LogP contribution in [0.2, 0.25) is 0 Å². The lowest BCUT2D eigenvalue weighted by Crippen LogP contribution is -2.25. The Morgan fingerprint density at radius 2 is 2.50 bits per heavy atom. The number of carbonyl (C=O) groups is 1. The number of rotatable bonds is 5. The largest absolute Gasteiger partial charge is 0.355 e. The van der Waals surface area contributed by atoms with Crippen LogP contribution in [-0.4, -0.2) is 33.0 Å². The van der Waals surface area contributed by atoms with E-state index in [2.05, 4.69) is 15.5 Å². The summed E-state index contributed by atoms with van der Waals surface area (Å²) in [5, 5.41) is 11.1. The highest BCUT2D eigenvalue weighted by Crippen LogP contribution is 2.12. The summed E-state index contributed by atoms with van der Waals surface area (Å²) >= 11 is 1.39. The van der Waals surface area contributed by atoms with Gasteiger partial charge in [0, 0.05) is 13.6 Å². The molecule has 1 amide bonds. The van der Waals surface area contributed by atoms with E-state index in [1.54, 1.807) is 10.9 Å². The summed E-state index contributed by atoms with van der Waals surface area (Å²) in [6, 6.07) is 0. The molecule has 14 heavy (non-hydrogen) atoms. The number of amides is 1. The molecule has 0 spiro atoms. The highest BCUT2D eigenvalue weighted by molar-refractivity contribution is 7.99. The van der Waals surface area contributed by atoms with E-state index in [1.165, 1.54) is 11.8 Å². The third-order valence-corrected chi connectivity index (χ3v) is 2.61. The fourth-order valence-corrected chi connectivity index (χ4v) is 1.57. The van der Waals surface area contributed by atoms with E-state index in [9.17, 15) is 4.79 Å². The lowest BCUT2D eigenvalue weighted by atomic mass is 10.5. The lowest BCUT2D eigenvalue weighted by molar-refractivity contribution is -0.118. The molecule has 78 valence electrons. The molecule has 1 heterocycles. The first-order valence-electron chi connectivity index (χ1n) is 4.47. The minimum atomic E-state index is 0.0415. The van der Waals surface area contributed by atoms with Crippen molar-refractivity contribution in [2.45, 2.75) is 18.5 Å². The van der Waals surface area contributed by atoms with Gasteiger partial charge < -0.3 is 9.88 Å². The molecule has 0 aliphatic heterocycles. The van der Waals surface area contributed by atoms with Crippen molar-refractivity contribution in [1.29, 1.82) is 0 Å². The fraction of sp³-hybridized carbons (Fsp3) is 0.625. The van der Waals surface area contributed by atoms with Crippen LogP contribution in [0.4, 0.5) is 0 Å². The van der Waals surface area contributed by atoms with E-state index < -0.39 is 0 Å². The van der Waals surface area contributed by atoms with Gasteiger partial charge in [-0.15, -0.1) is 10.2 Å². The van der Waals surface area contributed by atoms with Crippen LogP contribution in [0, 0.1) is 0 Å². The van der Waals surface area contributed by atoms with Crippen LogP contribution in [0.25, 0.3) is 0 Å². The Balaban J connectivity index is 2.27. The molecule has 0 aliphatic carbocycles.